The van der Waals surface area contributed by atoms with Crippen molar-refractivity contribution in [1.29, 1.82) is 0 Å². The van der Waals surface area contributed by atoms with Crippen LogP contribution in [0.15, 0.2) is 36.5 Å². The van der Waals surface area contributed by atoms with Gasteiger partial charge >= 0.3 is 6.18 Å². The molecule has 4 unspecified atom stereocenters. The lowest BCUT2D eigenvalue weighted by molar-refractivity contribution is -0.141. The number of nitrogens with one attached hydrogen (secondary N) is 1. The molecule has 1 aromatic carbocycles. The fraction of sp³-hybridized carbons (Fsp3) is 0.474. The van der Waals surface area contributed by atoms with Gasteiger partial charge < -0.3 is 11.1 Å². The van der Waals surface area contributed by atoms with Gasteiger partial charge in [-0.2, -0.15) is 18.3 Å². The second-order valence-corrected chi connectivity index (χ2v) is 7.46. The Morgan fingerprint density at radius 1 is 1.19 bits per heavy atom. The molecular weight excluding hydrogens is 357 g/mol. The van der Waals surface area contributed by atoms with Gasteiger partial charge in [0.05, 0.1) is 11.6 Å². The highest BCUT2D eigenvalue weighted by Gasteiger charge is 2.48. The van der Waals surface area contributed by atoms with E-state index in [4.69, 9.17) is 5.73 Å². The zero-order valence-corrected chi connectivity index (χ0v) is 14.6. The lowest BCUT2D eigenvalue weighted by Gasteiger charge is -2.27. The van der Waals surface area contributed by atoms with Gasteiger partial charge in [0, 0.05) is 18.8 Å². The van der Waals surface area contributed by atoms with Crippen LogP contribution in [0.3, 0.4) is 0 Å². The van der Waals surface area contributed by atoms with Gasteiger partial charge in [-0.05, 0) is 54.9 Å². The topological polar surface area (TPSA) is 72.9 Å². The number of nitrogens with zero attached hydrogens (tertiary/aromatic N) is 2. The average molecular weight is 378 g/mol. The van der Waals surface area contributed by atoms with Gasteiger partial charge in [0.1, 0.15) is 0 Å². The van der Waals surface area contributed by atoms with E-state index in [1.807, 2.05) is 0 Å². The summed E-state index contributed by atoms with van der Waals surface area (Å²) in [5.74, 6) is 0.768. The summed E-state index contributed by atoms with van der Waals surface area (Å²) in [5, 5.41) is 6.50. The van der Waals surface area contributed by atoms with Gasteiger partial charge in [0.2, 0.25) is 5.91 Å². The highest BCUT2D eigenvalue weighted by atomic mass is 19.4. The SMILES string of the molecule is NC1C2CCC(C2)C1C(=O)NCc1ccc(-n2ccc(C(F)(F)F)n2)cc1. The predicted molar refractivity (Wildman–Crippen MR) is 92.7 cm³/mol. The number of rotatable bonds is 4. The number of benzene rings is 1. The first kappa shape index (κ1) is 18.0. The molecule has 0 saturated heterocycles. The molecule has 2 bridgehead atoms. The first-order chi connectivity index (χ1) is 12.8. The molecular formula is C19H21F3N4O. The van der Waals surface area contributed by atoms with Gasteiger partial charge in [0.25, 0.3) is 0 Å². The van der Waals surface area contributed by atoms with E-state index in [-0.39, 0.29) is 17.9 Å². The third kappa shape index (κ3) is 3.45. The molecule has 2 fully saturated rings. The predicted octanol–water partition coefficient (Wildman–Crippen LogP) is 2.88. The number of hydrogen-bond acceptors (Lipinski definition) is 3. The van der Waals surface area contributed by atoms with Crippen molar-refractivity contribution in [2.24, 2.45) is 23.5 Å². The Hall–Kier alpha value is -2.35. The van der Waals surface area contributed by atoms with Crippen molar-refractivity contribution in [3.63, 3.8) is 0 Å². The molecule has 1 heterocycles. The summed E-state index contributed by atoms with van der Waals surface area (Å²) < 4.78 is 39.1. The Balaban J connectivity index is 1.37. The second kappa shape index (κ2) is 6.67. The Morgan fingerprint density at radius 2 is 1.89 bits per heavy atom. The molecule has 4 rings (SSSR count). The Kier molecular flexibility index (Phi) is 4.46. The third-order valence-electron chi connectivity index (χ3n) is 5.83. The molecule has 2 aliphatic rings. The van der Waals surface area contributed by atoms with Gasteiger partial charge in [-0.25, -0.2) is 4.68 Å². The highest BCUT2D eigenvalue weighted by Crippen LogP contribution is 2.47. The van der Waals surface area contributed by atoms with Crippen molar-refractivity contribution >= 4 is 5.91 Å². The van der Waals surface area contributed by atoms with Crippen LogP contribution in [-0.4, -0.2) is 21.7 Å². The standard InChI is InChI=1S/C19H21F3N4O/c20-19(21,22)15-7-8-26(25-15)14-5-1-11(2-6-14)10-24-18(27)16-12-3-4-13(9-12)17(16)23/h1-2,5-8,12-13,16-17H,3-4,9-10,23H2,(H,24,27). The van der Waals surface area contributed by atoms with Gasteiger partial charge in [0.15, 0.2) is 5.69 Å². The number of carbonyl (C=O) groups is 1. The van der Waals surface area contributed by atoms with E-state index in [0.29, 0.717) is 24.1 Å². The summed E-state index contributed by atoms with van der Waals surface area (Å²) in [6.07, 6.45) is 0.0688. The minimum absolute atomic E-state index is 0.000622. The van der Waals surface area contributed by atoms with E-state index in [2.05, 4.69) is 10.4 Å². The lowest BCUT2D eigenvalue weighted by atomic mass is 9.84. The summed E-state index contributed by atoms with van der Waals surface area (Å²) in [5.41, 5.74) is 6.66. The monoisotopic (exact) mass is 378 g/mol. The van der Waals surface area contributed by atoms with Crippen LogP contribution in [0.1, 0.15) is 30.5 Å². The van der Waals surface area contributed by atoms with Crippen molar-refractivity contribution in [2.45, 2.75) is 38.0 Å². The fourth-order valence-corrected chi connectivity index (χ4v) is 4.42. The third-order valence-corrected chi connectivity index (χ3v) is 5.83. The van der Waals surface area contributed by atoms with Crippen LogP contribution < -0.4 is 11.1 Å². The Labute approximate surface area is 154 Å². The molecule has 0 aliphatic heterocycles. The van der Waals surface area contributed by atoms with E-state index >= 15 is 0 Å². The first-order valence-corrected chi connectivity index (χ1v) is 9.08. The van der Waals surface area contributed by atoms with Crippen LogP contribution in [0.25, 0.3) is 5.69 Å². The molecule has 5 nitrogen and oxygen atoms in total. The van der Waals surface area contributed by atoms with Crippen molar-refractivity contribution in [3.8, 4) is 5.69 Å². The summed E-state index contributed by atoms with van der Waals surface area (Å²) in [6, 6.07) is 7.78. The molecule has 2 aromatic rings. The van der Waals surface area contributed by atoms with Crippen LogP contribution in [0.5, 0.6) is 0 Å². The van der Waals surface area contributed by atoms with Crippen molar-refractivity contribution in [2.75, 3.05) is 0 Å². The molecule has 2 saturated carbocycles. The summed E-state index contributed by atoms with van der Waals surface area (Å²) in [4.78, 5) is 12.5. The number of fused-ring (bicyclic) bond motifs is 2. The molecule has 8 heteroatoms. The average Bonchev–Trinajstić information content (AvgIpc) is 3.35. The number of aromatic nitrogens is 2. The molecule has 4 atom stereocenters. The largest absolute Gasteiger partial charge is 0.435 e. The smallest absolute Gasteiger partial charge is 0.352 e. The Morgan fingerprint density at radius 3 is 2.48 bits per heavy atom. The van der Waals surface area contributed by atoms with Crippen LogP contribution in [-0.2, 0) is 17.5 Å². The van der Waals surface area contributed by atoms with Crippen molar-refractivity contribution in [1.82, 2.24) is 15.1 Å². The second-order valence-electron chi connectivity index (χ2n) is 7.46. The minimum atomic E-state index is -4.46. The molecule has 0 radical (unpaired) electrons. The zero-order chi connectivity index (χ0) is 19.2. The summed E-state index contributed by atoms with van der Waals surface area (Å²) >= 11 is 0. The number of hydrogen-bond donors (Lipinski definition) is 2. The molecule has 2 aliphatic carbocycles. The quantitative estimate of drug-likeness (QED) is 0.859. The molecule has 1 amide bonds. The van der Waals surface area contributed by atoms with Gasteiger partial charge in [-0.15, -0.1) is 0 Å². The van der Waals surface area contributed by atoms with Gasteiger partial charge in [-0.1, -0.05) is 12.1 Å². The first-order valence-electron chi connectivity index (χ1n) is 9.08. The number of halogens is 3. The van der Waals surface area contributed by atoms with E-state index in [9.17, 15) is 18.0 Å². The summed E-state index contributed by atoms with van der Waals surface area (Å²) in [6.45, 7) is 0.368. The molecule has 144 valence electrons. The maximum atomic E-state index is 12.6. The van der Waals surface area contributed by atoms with Crippen molar-refractivity contribution < 1.29 is 18.0 Å². The molecule has 27 heavy (non-hydrogen) atoms. The van der Waals surface area contributed by atoms with Crippen LogP contribution in [0.4, 0.5) is 13.2 Å². The maximum Gasteiger partial charge on any atom is 0.435 e. The molecule has 0 spiro atoms. The number of nitrogens with two attached hydrogens (primary N) is 1. The van der Waals surface area contributed by atoms with Crippen LogP contribution >= 0.6 is 0 Å². The van der Waals surface area contributed by atoms with Crippen molar-refractivity contribution in [3.05, 3.63) is 47.8 Å². The van der Waals surface area contributed by atoms with Crippen LogP contribution in [0, 0.1) is 17.8 Å². The fourth-order valence-electron chi connectivity index (χ4n) is 4.42. The number of alkyl halides is 3. The molecule has 1 aromatic heterocycles. The van der Waals surface area contributed by atoms with Gasteiger partial charge in [-0.3, -0.25) is 4.79 Å². The normalized spacial score (nSPS) is 27.1. The summed E-state index contributed by atoms with van der Waals surface area (Å²) in [7, 11) is 0. The molecule has 3 N–H and O–H groups in total. The van der Waals surface area contributed by atoms with E-state index in [0.717, 1.165) is 30.9 Å². The number of carbonyl (C=O) groups excluding carboxylic acids is 1. The van der Waals surface area contributed by atoms with E-state index in [1.165, 1.54) is 10.9 Å². The minimum Gasteiger partial charge on any atom is -0.352 e. The van der Waals surface area contributed by atoms with E-state index in [1.54, 1.807) is 24.3 Å². The Bertz CT molecular complexity index is 828. The lowest BCUT2D eigenvalue weighted by Crippen LogP contribution is -2.45. The number of amides is 1. The van der Waals surface area contributed by atoms with E-state index < -0.39 is 11.9 Å². The van der Waals surface area contributed by atoms with Crippen LogP contribution in [0.2, 0.25) is 0 Å². The zero-order valence-electron chi connectivity index (χ0n) is 14.6. The maximum absolute atomic E-state index is 12.6. The highest BCUT2D eigenvalue weighted by molar-refractivity contribution is 5.80.